The Kier molecular flexibility index (Phi) is 327. The van der Waals surface area contributed by atoms with Gasteiger partial charge in [-0.05, 0) is 318 Å². The number of aliphatic hydroxyl groups excluding tert-OH is 4. The Hall–Kier alpha value is 0.256. The van der Waals surface area contributed by atoms with Gasteiger partial charge in [0.05, 0.1) is 33.4 Å². The van der Waals surface area contributed by atoms with Crippen molar-refractivity contribution in [2.24, 2.45) is 9.98 Å². The number of aliphatic imine (C=N–C) groups is 2. The molecular weight excluding hydrogens is 2260 g/mol. The molecule has 0 unspecified atom stereocenters. The van der Waals surface area contributed by atoms with Crippen molar-refractivity contribution in [3.8, 4) is 11.5 Å². The van der Waals surface area contributed by atoms with Crippen LogP contribution in [0.2, 0.25) is 0 Å². The van der Waals surface area contributed by atoms with Gasteiger partial charge in [0.2, 0.25) is 0 Å². The van der Waals surface area contributed by atoms with Crippen LogP contribution in [0.5, 0.6) is 11.5 Å². The van der Waals surface area contributed by atoms with Crippen LogP contribution < -0.4 is 0 Å². The smallest absolute Gasteiger partial charge is 3.00 e. The van der Waals surface area contributed by atoms with Gasteiger partial charge in [-0.3, -0.25) is 20.5 Å². The van der Waals surface area contributed by atoms with Crippen molar-refractivity contribution < 1.29 is 219 Å². The van der Waals surface area contributed by atoms with Crippen molar-refractivity contribution in [1.82, 2.24) is 73.5 Å². The first-order valence-corrected chi connectivity index (χ1v) is 50.3. The Morgan fingerprint density at radius 1 is 0.291 bits per heavy atom. The van der Waals surface area contributed by atoms with Crippen molar-refractivity contribution in [2.75, 3.05) is 386 Å². The first kappa shape index (κ1) is 230. The molecule has 7 aliphatic heterocycles. The normalized spacial score (nSPS) is 15.3. The second-order valence-electron chi connectivity index (χ2n) is 32.0. The summed E-state index contributed by atoms with van der Waals surface area (Å²) in [6.45, 7) is 56.2. The monoisotopic (exact) mass is 2500 g/mol. The maximum absolute atomic E-state index is 9.64. The molecule has 0 amide bonds. The van der Waals surface area contributed by atoms with Gasteiger partial charge >= 0.3 is 145 Å². The second kappa shape index (κ2) is 211. The number of para-hydroxylation sites is 2. The Morgan fingerprint density at radius 2 is 0.385 bits per heavy atom. The summed E-state index contributed by atoms with van der Waals surface area (Å²) < 4.78 is 0. The predicted molar refractivity (Wildman–Crippen MR) is 618 cm³/mol. The van der Waals surface area contributed by atoms with Crippen molar-refractivity contribution in [1.29, 1.82) is 0 Å². The molecule has 9 rings (SSSR count). The fourth-order valence-electron chi connectivity index (χ4n) is 11.4. The van der Waals surface area contributed by atoms with Gasteiger partial charge in [-0.25, -0.2) is 0 Å². The third kappa shape index (κ3) is 213. The molecule has 901 valence electrons. The standard InChI is InChI=1S/C19H23N3O2.7C8H18N2.3C3H8.C3H7.C2H6O2.7CH4N.3CH4O.ClH.8Mn.H2O2.7H2O/c1-22(12-10-20-14-16-6-2-4-8-18(16)23)13-11-21-15-17-7-3-5-9-19(17)24;7*1-9-5-3-4-6-10(2)8-7-9;4*1-3-2;1-2(3)4;10*1-2;;;;;;;;;;1-2;;;;;;;/h2-9,14-15,23-24H,10-13H2,1H3;7*3-8H2,1-2H3;3*3H2,1-2H3;3H,1-2H3;2-4H,1H3;10*2H,1H3;1H;;;;;;;;;1-2H;7*1H2/q;;;;;;;;;;;+1;;7*-1;;;;;+2;7*+3;;;;;;;;/p-1. The quantitative estimate of drug-likeness (QED) is 0.0296. The van der Waals surface area contributed by atoms with E-state index in [-0.39, 0.29) is 169 Å². The van der Waals surface area contributed by atoms with E-state index in [9.17, 15) is 10.2 Å². The summed E-state index contributed by atoms with van der Waals surface area (Å²) in [5, 5.41) is 67.5. The molecule has 7 heterocycles. The van der Waals surface area contributed by atoms with Crippen molar-refractivity contribution in [3.05, 3.63) is 106 Å². The van der Waals surface area contributed by atoms with E-state index in [0.29, 0.717) is 13.1 Å². The van der Waals surface area contributed by atoms with Gasteiger partial charge in [-0.2, -0.15) is 49.3 Å². The van der Waals surface area contributed by atoms with E-state index in [1.54, 1.807) is 36.7 Å². The Balaban J connectivity index is -0.0000000365. The molecule has 2 aromatic rings. The molecule has 148 heavy (non-hydrogen) atoms. The predicted octanol–water partition coefficient (Wildman–Crippen LogP) is 10.3. The maximum atomic E-state index is 9.64. The minimum Gasteiger partial charge on any atom is 3.00 e. The third-order valence-corrected chi connectivity index (χ3v) is 18.9. The SMILES string of the molecule is CC(O)O.CCC.CCC.CCC.CN(CCN=Cc1ccccc1O)CCN=Cc1ccccc1O.CN1CCCCN(C)CC1.CN1CCCCN(C)CC1.CN1CCCCN(C)CC1.CN1CCCCN(C)CC1.CN1CCCCN(C)CC1.CN1CCCCN(C)CC1.CN1CCCCN(C)CC1.CO.CO.CO.C[CH+]C.C[NH-].C[NH-].C[NH-].C[NH-].C[NH-].C[NH-].C[NH-].O.O.O.O.O.O.O.OO.[Cl][Mn+].[Mn+3].[Mn+3].[Mn+3].[Mn+3].[Mn+3].[Mn+3].[Mn+3]. The average molecular weight is 2500 g/mol. The summed E-state index contributed by atoms with van der Waals surface area (Å²) in [6, 6.07) is 14.3. The number of nitrogens with one attached hydrogen (secondary N) is 7. The van der Waals surface area contributed by atoms with Crippen LogP contribution in [0.25, 0.3) is 40.1 Å². The van der Waals surface area contributed by atoms with Crippen molar-refractivity contribution in [2.45, 2.75) is 178 Å². The minimum atomic E-state index is -1.17. The molecule has 0 spiro atoms. The molecule has 0 bridgehead atoms. The Morgan fingerprint density at radius 3 is 0.480 bits per heavy atom. The molecule has 0 radical (unpaired) electrons. The van der Waals surface area contributed by atoms with Gasteiger partial charge in [0.15, 0.2) is 0 Å². The summed E-state index contributed by atoms with van der Waals surface area (Å²) in [6.07, 6.45) is 27.0. The van der Waals surface area contributed by atoms with Crippen molar-refractivity contribution in [3.63, 3.8) is 0 Å². The van der Waals surface area contributed by atoms with Crippen molar-refractivity contribution >= 4 is 22.5 Å². The van der Waals surface area contributed by atoms with E-state index in [1.807, 2.05) is 51.6 Å². The number of nitrogens with zero attached hydrogens (tertiary/aromatic N) is 17. The number of aromatic hydroxyl groups is 2. The zero-order chi connectivity index (χ0) is 107. The molecule has 0 aliphatic carbocycles. The molecule has 0 aromatic heterocycles. The number of hydrogen-bond acceptors (Lipinski definition) is 26. The summed E-state index contributed by atoms with van der Waals surface area (Å²) >= 11 is 2.41. The first-order valence-electron chi connectivity index (χ1n) is 48.7. The van der Waals surface area contributed by atoms with E-state index in [0.717, 1.165) is 45.5 Å². The third-order valence-electron chi connectivity index (χ3n) is 18.9. The molecule has 7 saturated heterocycles. The molecule has 7 aliphatic rings. The van der Waals surface area contributed by atoms with Gasteiger partial charge in [0.25, 0.3) is 0 Å². The van der Waals surface area contributed by atoms with Crippen LogP contribution in [0.3, 0.4) is 0 Å². The molecule has 0 saturated carbocycles. The van der Waals surface area contributed by atoms with Crippen LogP contribution in [0.1, 0.15) is 183 Å². The summed E-state index contributed by atoms with van der Waals surface area (Å²) in [7, 11) is 49.1. The molecular formula is C99H242ClMn8N24O16+16. The van der Waals surface area contributed by atoms with Crippen LogP contribution >= 0.6 is 10.1 Å². The van der Waals surface area contributed by atoms with Gasteiger partial charge in [-0.15, -0.1) is 0 Å². The van der Waals surface area contributed by atoms with Gasteiger partial charge in [0, 0.05) is 150 Å². The summed E-state index contributed by atoms with van der Waals surface area (Å²) in [4.78, 5) is 44.6. The largest absolute Gasteiger partial charge is 3.00 e. The zero-order valence-electron chi connectivity index (χ0n) is 99.6. The van der Waals surface area contributed by atoms with Gasteiger partial charge < -0.3 is 188 Å². The number of hydrogen-bond donors (Lipinski definition) is 9. The number of phenols is 2. The van der Waals surface area contributed by atoms with E-state index in [4.69, 9.17) is 76.2 Å². The van der Waals surface area contributed by atoms with Crippen LogP contribution in [0.4, 0.5) is 0 Å². The fraction of sp³-hybridized carbons (Fsp3) is 0.848. The zero-order valence-corrected chi connectivity index (χ0v) is 110. The Bertz CT molecular complexity index is 1980. The molecule has 2 aromatic carbocycles. The van der Waals surface area contributed by atoms with E-state index < -0.39 is 6.29 Å². The Labute approximate surface area is 998 Å². The van der Waals surface area contributed by atoms with Gasteiger partial charge in [-0.1, -0.05) is 85.1 Å². The average Bonchev–Trinajstić information content (AvgIpc) is 0.912. The molecule has 30 N–H and O–H groups in total. The van der Waals surface area contributed by atoms with E-state index in [1.165, 1.54) is 349 Å². The van der Waals surface area contributed by atoms with Crippen LogP contribution in [-0.4, -0.2) is 563 Å². The number of phenolic OH excluding ortho intramolecular Hbond substituents is 2. The van der Waals surface area contributed by atoms with Crippen LogP contribution in [-0.2, 0) is 135 Å². The number of halogens is 1. The maximum Gasteiger partial charge on any atom is 3.00 e. The number of benzene rings is 2. The topological polar surface area (TPSA) is 642 Å². The first-order chi connectivity index (χ1) is 64.6. The minimum absolute atomic E-state index is 0. The molecule has 49 heteroatoms. The van der Waals surface area contributed by atoms with E-state index in [2.05, 4.69) is 249 Å². The second-order valence-corrected chi connectivity index (χ2v) is 32.0. The van der Waals surface area contributed by atoms with Gasteiger partial charge in [0.1, 0.15) is 17.8 Å². The summed E-state index contributed by atoms with van der Waals surface area (Å²) in [5.74, 6) is 0.487. The number of rotatable bonds is 8. The molecule has 0 atom stereocenters. The molecule has 7 fully saturated rings. The van der Waals surface area contributed by atoms with Crippen LogP contribution in [0.15, 0.2) is 58.5 Å². The fourth-order valence-corrected chi connectivity index (χ4v) is 11.4. The number of likely N-dealkylation sites (N-methyl/N-ethyl adjacent to an activating group) is 15. The summed E-state index contributed by atoms with van der Waals surface area (Å²) in [5.41, 5.74) is 41.7. The van der Waals surface area contributed by atoms with Crippen LogP contribution in [0, 0.1) is 6.42 Å². The van der Waals surface area contributed by atoms with E-state index >= 15 is 0 Å². The molecule has 40 nitrogen and oxygen atoms in total. The number of aliphatic hydroxyl groups is 5.